The van der Waals surface area contributed by atoms with Crippen LogP contribution in [-0.2, 0) is 0 Å². The number of furan rings is 1. The number of imidazole rings is 1. The molecule has 0 aliphatic heterocycles. The molecule has 6 nitrogen and oxygen atoms in total. The minimum atomic E-state index is 0.259. The highest BCUT2D eigenvalue weighted by atomic mass is 16.3. The third kappa shape index (κ3) is 4.38. The van der Waals surface area contributed by atoms with Crippen molar-refractivity contribution in [2.24, 2.45) is 0 Å². The minimum absolute atomic E-state index is 0.259. The second kappa shape index (κ2) is 11.0. The maximum absolute atomic E-state index is 6.14. The lowest BCUT2D eigenvalue weighted by Crippen LogP contribution is -2.03. The van der Waals surface area contributed by atoms with E-state index in [0.29, 0.717) is 0 Å². The quantitative estimate of drug-likeness (QED) is 0.187. The lowest BCUT2D eigenvalue weighted by molar-refractivity contribution is 0.668. The lowest BCUT2D eigenvalue weighted by Gasteiger charge is -2.16. The van der Waals surface area contributed by atoms with Gasteiger partial charge >= 0.3 is 0 Å². The zero-order valence-electron chi connectivity index (χ0n) is 27.6. The van der Waals surface area contributed by atoms with Crippen LogP contribution in [0.3, 0.4) is 0 Å². The van der Waals surface area contributed by atoms with Crippen molar-refractivity contribution in [3.05, 3.63) is 152 Å². The second-order valence-corrected chi connectivity index (χ2v) is 13.2. The molecule has 0 saturated heterocycles. The Morgan fingerprint density at radius 2 is 1.32 bits per heavy atom. The lowest BCUT2D eigenvalue weighted by atomic mass is 9.96. The summed E-state index contributed by atoms with van der Waals surface area (Å²) >= 11 is 0. The number of hydrogen-bond donors (Lipinski definition) is 0. The SMILES string of the molecule is CC(C)c1nc2ccccc2n1-c1cccc(-c2cc(-c3ccc4oc5cccnc5c4c3)cc(-n3c4ccccc4c4cnccc43)c2)c1. The molecule has 5 heterocycles. The molecular weight excluding hydrogens is 615 g/mol. The number of fused-ring (bicyclic) bond motifs is 7. The van der Waals surface area contributed by atoms with Crippen molar-refractivity contribution >= 4 is 54.9 Å². The van der Waals surface area contributed by atoms with E-state index < -0.39 is 0 Å². The number of aromatic nitrogens is 5. The van der Waals surface area contributed by atoms with Crippen molar-refractivity contribution in [3.63, 3.8) is 0 Å². The predicted molar refractivity (Wildman–Crippen MR) is 203 cm³/mol. The van der Waals surface area contributed by atoms with Gasteiger partial charge in [0, 0.05) is 52.0 Å². The zero-order valence-corrected chi connectivity index (χ0v) is 27.6. The Morgan fingerprint density at radius 3 is 2.20 bits per heavy atom. The molecule has 5 aromatic heterocycles. The van der Waals surface area contributed by atoms with E-state index in [2.05, 4.69) is 148 Å². The summed E-state index contributed by atoms with van der Waals surface area (Å²) in [6, 6.07) is 45.0. The maximum atomic E-state index is 6.14. The smallest absolute Gasteiger partial charge is 0.153 e. The van der Waals surface area contributed by atoms with E-state index in [1.807, 2.05) is 30.7 Å². The van der Waals surface area contributed by atoms with Crippen LogP contribution < -0.4 is 0 Å². The van der Waals surface area contributed by atoms with E-state index >= 15 is 0 Å². The highest BCUT2D eigenvalue weighted by Crippen LogP contribution is 2.38. The number of hydrogen-bond acceptors (Lipinski definition) is 4. The molecular formula is C44H31N5O. The minimum Gasteiger partial charge on any atom is -0.454 e. The van der Waals surface area contributed by atoms with Crippen molar-refractivity contribution in [2.75, 3.05) is 0 Å². The molecule has 0 radical (unpaired) electrons. The van der Waals surface area contributed by atoms with E-state index in [0.717, 1.165) is 89.0 Å². The molecule has 10 aromatic rings. The van der Waals surface area contributed by atoms with Gasteiger partial charge in [-0.1, -0.05) is 62.4 Å². The van der Waals surface area contributed by atoms with Crippen LogP contribution in [0.4, 0.5) is 0 Å². The molecule has 10 rings (SSSR count). The predicted octanol–water partition coefficient (Wildman–Crippen LogP) is 11.3. The number of rotatable bonds is 5. The van der Waals surface area contributed by atoms with Crippen molar-refractivity contribution in [1.82, 2.24) is 24.1 Å². The summed E-state index contributed by atoms with van der Waals surface area (Å²) in [5.41, 5.74) is 13.5. The Hall–Kier alpha value is -6.53. The van der Waals surface area contributed by atoms with Crippen molar-refractivity contribution in [2.45, 2.75) is 19.8 Å². The summed E-state index contributed by atoms with van der Waals surface area (Å²) in [5.74, 6) is 1.31. The van der Waals surface area contributed by atoms with Crippen molar-refractivity contribution in [1.29, 1.82) is 0 Å². The third-order valence-corrected chi connectivity index (χ3v) is 9.75. The third-order valence-electron chi connectivity index (χ3n) is 9.75. The first-order valence-corrected chi connectivity index (χ1v) is 17.0. The van der Waals surface area contributed by atoms with Gasteiger partial charge in [-0.15, -0.1) is 0 Å². The van der Waals surface area contributed by atoms with Crippen LogP contribution in [0.25, 0.3) is 88.5 Å². The average molecular weight is 646 g/mol. The Kier molecular flexibility index (Phi) is 6.27. The van der Waals surface area contributed by atoms with Crippen LogP contribution in [0.1, 0.15) is 25.6 Å². The Bertz CT molecular complexity index is 2870. The van der Waals surface area contributed by atoms with E-state index in [9.17, 15) is 0 Å². The van der Waals surface area contributed by atoms with Gasteiger partial charge in [-0.25, -0.2) is 4.98 Å². The fraction of sp³-hybridized carbons (Fsp3) is 0.0682. The summed E-state index contributed by atoms with van der Waals surface area (Å²) < 4.78 is 10.8. The van der Waals surface area contributed by atoms with Gasteiger partial charge in [-0.05, 0) is 101 Å². The molecule has 0 aliphatic carbocycles. The standard InChI is InChI=1S/C44H31N5O/c1-27(2)44-47-37-12-4-6-14-40(37)49(44)32-10-7-9-28(22-32)30-21-31(29-16-17-41-35(25-29)43-42(50-41)15-8-19-46-43)24-33(23-30)48-38-13-5-3-11-34(38)36-26-45-20-18-39(36)48/h3-27H,1-2H3. The molecule has 0 saturated carbocycles. The molecule has 0 fully saturated rings. The number of benzene rings is 5. The topological polar surface area (TPSA) is 61.7 Å². The van der Waals surface area contributed by atoms with Gasteiger partial charge in [0.2, 0.25) is 0 Å². The van der Waals surface area contributed by atoms with Gasteiger partial charge in [-0.2, -0.15) is 0 Å². The summed E-state index contributed by atoms with van der Waals surface area (Å²) in [5, 5.41) is 3.31. The average Bonchev–Trinajstić information content (AvgIpc) is 3.84. The molecule has 0 atom stereocenters. The zero-order chi connectivity index (χ0) is 33.3. The van der Waals surface area contributed by atoms with Gasteiger partial charge in [0.1, 0.15) is 16.9 Å². The molecule has 0 N–H and O–H groups in total. The summed E-state index contributed by atoms with van der Waals surface area (Å²) in [4.78, 5) is 14.2. The molecule has 50 heavy (non-hydrogen) atoms. The monoisotopic (exact) mass is 645 g/mol. The largest absolute Gasteiger partial charge is 0.454 e. The van der Waals surface area contributed by atoms with Crippen LogP contribution in [0.5, 0.6) is 0 Å². The molecule has 0 unspecified atom stereocenters. The Morgan fingerprint density at radius 1 is 0.540 bits per heavy atom. The van der Waals surface area contributed by atoms with Crippen LogP contribution in [-0.4, -0.2) is 24.1 Å². The van der Waals surface area contributed by atoms with Gasteiger partial charge in [0.05, 0.1) is 22.1 Å². The van der Waals surface area contributed by atoms with Gasteiger partial charge in [0.15, 0.2) is 5.58 Å². The molecule has 0 amide bonds. The van der Waals surface area contributed by atoms with E-state index in [4.69, 9.17) is 9.40 Å². The van der Waals surface area contributed by atoms with Crippen LogP contribution in [0.15, 0.2) is 150 Å². The summed E-state index contributed by atoms with van der Waals surface area (Å²) in [7, 11) is 0. The van der Waals surface area contributed by atoms with Gasteiger partial charge in [0.25, 0.3) is 0 Å². The molecule has 5 aromatic carbocycles. The van der Waals surface area contributed by atoms with Crippen LogP contribution >= 0.6 is 0 Å². The van der Waals surface area contributed by atoms with E-state index in [-0.39, 0.29) is 5.92 Å². The highest BCUT2D eigenvalue weighted by Gasteiger charge is 2.18. The fourth-order valence-electron chi connectivity index (χ4n) is 7.47. The first-order valence-electron chi connectivity index (χ1n) is 17.0. The number of pyridine rings is 2. The fourth-order valence-corrected chi connectivity index (χ4v) is 7.47. The maximum Gasteiger partial charge on any atom is 0.153 e. The van der Waals surface area contributed by atoms with E-state index in [1.54, 1.807) is 0 Å². The second-order valence-electron chi connectivity index (χ2n) is 13.2. The molecule has 0 spiro atoms. The van der Waals surface area contributed by atoms with Crippen LogP contribution in [0.2, 0.25) is 0 Å². The Balaban J connectivity index is 1.23. The Labute approximate surface area is 287 Å². The number of para-hydroxylation sites is 3. The van der Waals surface area contributed by atoms with Gasteiger partial charge < -0.3 is 8.98 Å². The summed E-state index contributed by atoms with van der Waals surface area (Å²) in [6.45, 7) is 4.41. The number of nitrogens with zero attached hydrogens (tertiary/aromatic N) is 5. The van der Waals surface area contributed by atoms with Crippen LogP contribution in [0, 0.1) is 0 Å². The molecule has 6 heteroatoms. The summed E-state index contributed by atoms with van der Waals surface area (Å²) in [6.07, 6.45) is 5.66. The van der Waals surface area contributed by atoms with E-state index in [1.165, 1.54) is 5.39 Å². The normalized spacial score (nSPS) is 12.0. The molecule has 0 aliphatic rings. The van der Waals surface area contributed by atoms with Crippen molar-refractivity contribution < 1.29 is 4.42 Å². The molecule has 0 bridgehead atoms. The first kappa shape index (κ1) is 28.5. The highest BCUT2D eigenvalue weighted by molar-refractivity contribution is 6.09. The van der Waals surface area contributed by atoms with Gasteiger partial charge in [-0.3, -0.25) is 14.5 Å². The van der Waals surface area contributed by atoms with Crippen molar-refractivity contribution in [3.8, 4) is 33.6 Å². The first-order chi connectivity index (χ1) is 24.6. The molecule has 238 valence electrons.